The smallest absolute Gasteiger partial charge is 0.268 e. The number of rotatable bonds is 4. The number of ether oxygens (including phenoxy) is 1. The van der Waals surface area contributed by atoms with Crippen LogP contribution in [-0.2, 0) is 16.2 Å². The summed E-state index contributed by atoms with van der Waals surface area (Å²) < 4.78 is 19.9. The number of carbonyl (C=O) groups excluding carboxylic acids is 2. The summed E-state index contributed by atoms with van der Waals surface area (Å²) in [5, 5.41) is 0.528. The molecule has 168 valence electrons. The van der Waals surface area contributed by atoms with Crippen LogP contribution in [0.3, 0.4) is 0 Å². The van der Waals surface area contributed by atoms with Gasteiger partial charge in [0.15, 0.2) is 4.87 Å². The number of thioether (sulfide) groups is 1. The number of methoxy groups -OCH3 is 1. The maximum Gasteiger partial charge on any atom is 0.268 e. The summed E-state index contributed by atoms with van der Waals surface area (Å²) in [6.45, 7) is 0.470. The summed E-state index contributed by atoms with van der Waals surface area (Å²) in [7, 11) is 1.56. The van der Waals surface area contributed by atoms with Crippen molar-refractivity contribution < 1.29 is 18.7 Å². The number of amides is 2. The summed E-state index contributed by atoms with van der Waals surface area (Å²) in [6.07, 6.45) is 0. The van der Waals surface area contributed by atoms with E-state index in [2.05, 4.69) is 0 Å². The maximum absolute atomic E-state index is 14.5. The van der Waals surface area contributed by atoms with E-state index in [0.717, 1.165) is 0 Å². The average molecular weight is 483 g/mol. The molecule has 3 aromatic rings. The molecule has 8 heteroatoms. The minimum atomic E-state index is -1.24. The van der Waals surface area contributed by atoms with E-state index in [9.17, 15) is 14.0 Å². The summed E-state index contributed by atoms with van der Waals surface area (Å²) >= 11 is 7.41. The second kappa shape index (κ2) is 8.39. The highest BCUT2D eigenvalue weighted by atomic mass is 35.5. The predicted octanol–water partition coefficient (Wildman–Crippen LogP) is 5.08. The van der Waals surface area contributed by atoms with Crippen molar-refractivity contribution in [3.05, 3.63) is 94.3 Å². The van der Waals surface area contributed by atoms with E-state index < -0.39 is 4.87 Å². The van der Waals surface area contributed by atoms with Gasteiger partial charge in [0.1, 0.15) is 11.6 Å². The lowest BCUT2D eigenvalue weighted by molar-refractivity contribution is -0.123. The van der Waals surface area contributed by atoms with Crippen molar-refractivity contribution in [3.63, 3.8) is 0 Å². The van der Waals surface area contributed by atoms with Crippen molar-refractivity contribution in [1.82, 2.24) is 4.90 Å². The molecule has 33 heavy (non-hydrogen) atoms. The maximum atomic E-state index is 14.5. The van der Waals surface area contributed by atoms with E-state index in [0.29, 0.717) is 45.4 Å². The SMILES string of the molecule is COc1ccc2c(c1)C1(SCCN1C(=O)c1ccc(Cl)cc1)C(=O)N2Cc1ccccc1F. The first kappa shape index (κ1) is 21.8. The predicted molar refractivity (Wildman–Crippen MR) is 127 cm³/mol. The molecule has 1 saturated heterocycles. The van der Waals surface area contributed by atoms with Gasteiger partial charge in [0.2, 0.25) is 0 Å². The van der Waals surface area contributed by atoms with Gasteiger partial charge in [0, 0.05) is 34.0 Å². The molecule has 5 nitrogen and oxygen atoms in total. The van der Waals surface area contributed by atoms with Crippen molar-refractivity contribution in [2.45, 2.75) is 11.4 Å². The lowest BCUT2D eigenvalue weighted by Gasteiger charge is -2.33. The summed E-state index contributed by atoms with van der Waals surface area (Å²) in [5.41, 5.74) is 2.18. The fraction of sp³-hybridized carbons (Fsp3) is 0.200. The molecular formula is C25H20ClFN2O3S. The molecule has 0 saturated carbocycles. The Morgan fingerprint density at radius 1 is 1.15 bits per heavy atom. The molecular weight excluding hydrogens is 463 g/mol. The standard InChI is InChI=1S/C25H20ClFN2O3S/c1-32-19-10-11-22-20(14-19)25(24(31)28(22)15-17-4-2-3-5-21(17)27)29(12-13-33-25)23(30)16-6-8-18(26)9-7-16/h2-11,14H,12-13,15H2,1H3. The van der Waals surface area contributed by atoms with E-state index in [4.69, 9.17) is 16.3 Å². The van der Waals surface area contributed by atoms with Crippen LogP contribution in [0.4, 0.5) is 10.1 Å². The Bertz CT molecular complexity index is 1250. The largest absolute Gasteiger partial charge is 0.497 e. The average Bonchev–Trinajstić information content (AvgIpc) is 3.37. The first-order valence-electron chi connectivity index (χ1n) is 10.4. The first-order valence-corrected chi connectivity index (χ1v) is 11.8. The van der Waals surface area contributed by atoms with Gasteiger partial charge in [-0.15, -0.1) is 11.8 Å². The van der Waals surface area contributed by atoms with E-state index >= 15 is 0 Å². The van der Waals surface area contributed by atoms with Crippen LogP contribution in [-0.4, -0.2) is 36.1 Å². The van der Waals surface area contributed by atoms with Crippen LogP contribution in [0.5, 0.6) is 5.75 Å². The summed E-state index contributed by atoms with van der Waals surface area (Å²) in [5.74, 6) is 0.273. The monoisotopic (exact) mass is 482 g/mol. The molecule has 2 amide bonds. The molecule has 1 unspecified atom stereocenters. The van der Waals surface area contributed by atoms with Crippen LogP contribution in [0, 0.1) is 5.82 Å². The molecule has 0 N–H and O–H groups in total. The van der Waals surface area contributed by atoms with Gasteiger partial charge in [-0.1, -0.05) is 29.8 Å². The highest BCUT2D eigenvalue weighted by molar-refractivity contribution is 8.01. The third kappa shape index (κ3) is 3.47. The number of hydrogen-bond donors (Lipinski definition) is 0. The molecule has 0 aliphatic carbocycles. The highest BCUT2D eigenvalue weighted by Crippen LogP contribution is 2.55. The van der Waals surface area contributed by atoms with E-state index in [-0.39, 0.29) is 24.2 Å². The van der Waals surface area contributed by atoms with Gasteiger partial charge < -0.3 is 14.5 Å². The Morgan fingerprint density at radius 2 is 1.91 bits per heavy atom. The molecule has 0 aromatic heterocycles. The number of halogens is 2. The van der Waals surface area contributed by atoms with Crippen LogP contribution in [0.1, 0.15) is 21.5 Å². The van der Waals surface area contributed by atoms with Crippen molar-refractivity contribution >= 4 is 40.9 Å². The lowest BCUT2D eigenvalue weighted by atomic mass is 10.0. The first-order chi connectivity index (χ1) is 16.0. The van der Waals surface area contributed by atoms with Crippen LogP contribution in [0.25, 0.3) is 0 Å². The molecule has 0 radical (unpaired) electrons. The number of hydrogen-bond acceptors (Lipinski definition) is 4. The van der Waals surface area contributed by atoms with Crippen molar-refractivity contribution in [2.24, 2.45) is 0 Å². The zero-order chi connectivity index (χ0) is 23.2. The third-order valence-electron chi connectivity index (χ3n) is 6.02. The minimum absolute atomic E-state index is 0.0656. The summed E-state index contributed by atoms with van der Waals surface area (Å²) in [4.78, 5) is 29.5. The molecule has 1 fully saturated rings. The Balaban J connectivity index is 1.62. The molecule has 2 aliphatic rings. The Morgan fingerprint density at radius 3 is 2.64 bits per heavy atom. The fourth-order valence-electron chi connectivity index (χ4n) is 4.42. The summed E-state index contributed by atoms with van der Waals surface area (Å²) in [6, 6.07) is 18.4. The molecule has 2 aliphatic heterocycles. The Kier molecular flexibility index (Phi) is 5.54. The number of nitrogens with zero attached hydrogens (tertiary/aromatic N) is 2. The van der Waals surface area contributed by atoms with Crippen molar-refractivity contribution in [3.8, 4) is 5.75 Å². The molecule has 5 rings (SSSR count). The van der Waals surface area contributed by atoms with Crippen LogP contribution < -0.4 is 9.64 Å². The second-order valence-electron chi connectivity index (χ2n) is 7.82. The molecule has 1 atom stereocenters. The van der Waals surface area contributed by atoms with E-state index in [1.807, 2.05) is 0 Å². The normalized spacial score (nSPS) is 19.3. The highest BCUT2D eigenvalue weighted by Gasteiger charge is 2.59. The van der Waals surface area contributed by atoms with E-state index in [1.165, 1.54) is 17.8 Å². The van der Waals surface area contributed by atoms with Gasteiger partial charge in [-0.05, 0) is 48.5 Å². The van der Waals surface area contributed by atoms with Gasteiger partial charge in [0.05, 0.1) is 19.3 Å². The number of benzene rings is 3. The molecule has 2 heterocycles. The second-order valence-corrected chi connectivity index (χ2v) is 9.55. The molecule has 0 bridgehead atoms. The van der Waals surface area contributed by atoms with Crippen LogP contribution >= 0.6 is 23.4 Å². The van der Waals surface area contributed by atoms with Gasteiger partial charge in [0.25, 0.3) is 11.8 Å². The number of carbonyl (C=O) groups is 2. The van der Waals surface area contributed by atoms with Crippen molar-refractivity contribution in [2.75, 3.05) is 24.3 Å². The molecule has 1 spiro atoms. The Hall–Kier alpha value is -3.03. The van der Waals surface area contributed by atoms with Crippen molar-refractivity contribution in [1.29, 1.82) is 0 Å². The lowest BCUT2D eigenvalue weighted by Crippen LogP contribution is -2.50. The van der Waals surface area contributed by atoms with Gasteiger partial charge >= 0.3 is 0 Å². The third-order valence-corrected chi connectivity index (χ3v) is 7.69. The van der Waals surface area contributed by atoms with Gasteiger partial charge in [-0.2, -0.15) is 0 Å². The topological polar surface area (TPSA) is 49.9 Å². The van der Waals surface area contributed by atoms with E-state index in [1.54, 1.807) is 77.6 Å². The number of anilines is 1. The van der Waals surface area contributed by atoms with Gasteiger partial charge in [-0.25, -0.2) is 4.39 Å². The quantitative estimate of drug-likeness (QED) is 0.520. The zero-order valence-corrected chi connectivity index (χ0v) is 19.3. The Labute approximate surface area is 200 Å². The van der Waals surface area contributed by atoms with Crippen LogP contribution in [0.15, 0.2) is 66.7 Å². The fourth-order valence-corrected chi connectivity index (χ4v) is 6.00. The molecule has 3 aromatic carbocycles. The number of fused-ring (bicyclic) bond motifs is 2. The van der Waals surface area contributed by atoms with Crippen LogP contribution in [0.2, 0.25) is 5.02 Å². The van der Waals surface area contributed by atoms with Gasteiger partial charge in [-0.3, -0.25) is 9.59 Å². The minimum Gasteiger partial charge on any atom is -0.497 e. The zero-order valence-electron chi connectivity index (χ0n) is 17.8.